The van der Waals surface area contributed by atoms with E-state index in [2.05, 4.69) is 25.2 Å². The molecule has 1 aliphatic rings. The first kappa shape index (κ1) is 16.3. The number of carbonyl (C=O) groups is 1. The summed E-state index contributed by atoms with van der Waals surface area (Å²) in [7, 11) is 1.76. The number of aromatic nitrogens is 5. The van der Waals surface area contributed by atoms with Gasteiger partial charge >= 0.3 is 6.03 Å². The molecular formula is C18H21N7O. The van der Waals surface area contributed by atoms with Crippen molar-refractivity contribution in [1.82, 2.24) is 29.4 Å². The van der Waals surface area contributed by atoms with Crippen LogP contribution in [0, 0.1) is 0 Å². The SMILES string of the molecule is CN(Cc1nnc2n1CCC2)C(=O)Nc1ccc(Cn2cccn2)cc1. The van der Waals surface area contributed by atoms with E-state index in [0.717, 1.165) is 42.3 Å². The summed E-state index contributed by atoms with van der Waals surface area (Å²) in [5.74, 6) is 1.85. The largest absolute Gasteiger partial charge is 0.321 e. The lowest BCUT2D eigenvalue weighted by atomic mass is 10.2. The molecule has 0 radical (unpaired) electrons. The van der Waals surface area contributed by atoms with E-state index in [1.165, 1.54) is 0 Å². The Bertz CT molecular complexity index is 883. The van der Waals surface area contributed by atoms with Crippen molar-refractivity contribution in [3.63, 3.8) is 0 Å². The zero-order valence-electron chi connectivity index (χ0n) is 14.7. The van der Waals surface area contributed by atoms with Crippen molar-refractivity contribution in [2.45, 2.75) is 32.5 Å². The van der Waals surface area contributed by atoms with Crippen molar-refractivity contribution in [2.24, 2.45) is 0 Å². The highest BCUT2D eigenvalue weighted by Gasteiger charge is 2.19. The highest BCUT2D eigenvalue weighted by Crippen LogP contribution is 2.16. The van der Waals surface area contributed by atoms with Crippen LogP contribution in [0.1, 0.15) is 23.6 Å². The first-order chi connectivity index (χ1) is 12.7. The molecule has 3 aromatic rings. The van der Waals surface area contributed by atoms with Crippen molar-refractivity contribution in [3.05, 3.63) is 59.9 Å². The van der Waals surface area contributed by atoms with Crippen molar-refractivity contribution in [3.8, 4) is 0 Å². The van der Waals surface area contributed by atoms with Crippen LogP contribution in [0.25, 0.3) is 0 Å². The molecule has 2 amide bonds. The van der Waals surface area contributed by atoms with Crippen LogP contribution in [0.15, 0.2) is 42.7 Å². The van der Waals surface area contributed by atoms with Crippen molar-refractivity contribution in [2.75, 3.05) is 12.4 Å². The Balaban J connectivity index is 1.34. The number of fused-ring (bicyclic) bond motifs is 1. The Hall–Kier alpha value is -3.16. The van der Waals surface area contributed by atoms with E-state index in [1.807, 2.05) is 41.2 Å². The lowest BCUT2D eigenvalue weighted by Crippen LogP contribution is -2.31. The molecule has 0 atom stereocenters. The van der Waals surface area contributed by atoms with E-state index in [-0.39, 0.29) is 6.03 Å². The van der Waals surface area contributed by atoms with Crippen LogP contribution >= 0.6 is 0 Å². The number of hydrogen-bond donors (Lipinski definition) is 1. The van der Waals surface area contributed by atoms with Gasteiger partial charge in [0.2, 0.25) is 0 Å². The van der Waals surface area contributed by atoms with Gasteiger partial charge in [-0.25, -0.2) is 4.79 Å². The Morgan fingerprint density at radius 3 is 2.88 bits per heavy atom. The molecule has 26 heavy (non-hydrogen) atoms. The lowest BCUT2D eigenvalue weighted by Gasteiger charge is -2.17. The van der Waals surface area contributed by atoms with Crippen LogP contribution in [-0.4, -0.2) is 42.5 Å². The third-order valence-electron chi connectivity index (χ3n) is 4.52. The van der Waals surface area contributed by atoms with Gasteiger partial charge in [0, 0.05) is 38.1 Å². The van der Waals surface area contributed by atoms with E-state index >= 15 is 0 Å². The van der Waals surface area contributed by atoms with Crippen molar-refractivity contribution in [1.29, 1.82) is 0 Å². The number of nitrogens with one attached hydrogen (secondary N) is 1. The van der Waals surface area contributed by atoms with Gasteiger partial charge in [-0.1, -0.05) is 12.1 Å². The molecule has 1 aromatic carbocycles. The first-order valence-corrected chi connectivity index (χ1v) is 8.68. The molecule has 0 unspecified atom stereocenters. The average Bonchev–Trinajstić information content (AvgIpc) is 3.36. The molecule has 0 saturated heterocycles. The van der Waals surface area contributed by atoms with E-state index in [4.69, 9.17) is 0 Å². The Labute approximate surface area is 151 Å². The second kappa shape index (κ2) is 6.99. The Morgan fingerprint density at radius 2 is 2.12 bits per heavy atom. The molecule has 2 aromatic heterocycles. The maximum Gasteiger partial charge on any atom is 0.321 e. The lowest BCUT2D eigenvalue weighted by molar-refractivity contribution is 0.219. The van der Waals surface area contributed by atoms with Gasteiger partial charge in [0.25, 0.3) is 0 Å². The number of rotatable bonds is 5. The number of benzene rings is 1. The summed E-state index contributed by atoms with van der Waals surface area (Å²) < 4.78 is 3.96. The van der Waals surface area contributed by atoms with Crippen LogP contribution in [0.5, 0.6) is 0 Å². The van der Waals surface area contributed by atoms with Gasteiger partial charge in [-0.15, -0.1) is 10.2 Å². The topological polar surface area (TPSA) is 80.9 Å². The monoisotopic (exact) mass is 351 g/mol. The smallest absolute Gasteiger partial charge is 0.320 e. The molecule has 8 nitrogen and oxygen atoms in total. The van der Waals surface area contributed by atoms with E-state index < -0.39 is 0 Å². The summed E-state index contributed by atoms with van der Waals surface area (Å²) in [6, 6.07) is 9.51. The van der Waals surface area contributed by atoms with Gasteiger partial charge in [0.15, 0.2) is 5.82 Å². The van der Waals surface area contributed by atoms with Crippen molar-refractivity contribution >= 4 is 11.7 Å². The minimum Gasteiger partial charge on any atom is -0.320 e. The van der Waals surface area contributed by atoms with Gasteiger partial charge in [-0.2, -0.15) is 5.10 Å². The average molecular weight is 351 g/mol. The normalized spacial score (nSPS) is 12.8. The van der Waals surface area contributed by atoms with Crippen LogP contribution in [0.4, 0.5) is 10.5 Å². The molecule has 0 fully saturated rings. The highest BCUT2D eigenvalue weighted by molar-refractivity contribution is 5.89. The predicted molar refractivity (Wildman–Crippen MR) is 96.6 cm³/mol. The number of anilines is 1. The summed E-state index contributed by atoms with van der Waals surface area (Å²) in [4.78, 5) is 14.0. The van der Waals surface area contributed by atoms with Crippen molar-refractivity contribution < 1.29 is 4.79 Å². The molecule has 0 bridgehead atoms. The zero-order chi connectivity index (χ0) is 17.9. The number of amides is 2. The Kier molecular flexibility index (Phi) is 4.39. The minimum absolute atomic E-state index is 0.167. The zero-order valence-corrected chi connectivity index (χ0v) is 14.7. The standard InChI is InChI=1S/C18H21N7O/c1-23(13-17-22-21-16-4-2-11-25(16)17)18(26)20-15-7-5-14(6-8-15)12-24-10-3-9-19-24/h3,5-10H,2,4,11-13H2,1H3,(H,20,26). The second-order valence-electron chi connectivity index (χ2n) is 6.47. The summed E-state index contributed by atoms with van der Waals surface area (Å²) in [6.07, 6.45) is 5.74. The van der Waals surface area contributed by atoms with Gasteiger partial charge in [0.05, 0.1) is 13.1 Å². The molecular weight excluding hydrogens is 330 g/mol. The Morgan fingerprint density at radius 1 is 1.27 bits per heavy atom. The maximum atomic E-state index is 12.4. The number of hydrogen-bond acceptors (Lipinski definition) is 4. The van der Waals surface area contributed by atoms with E-state index in [1.54, 1.807) is 18.1 Å². The fraction of sp³-hybridized carbons (Fsp3) is 0.333. The number of nitrogens with zero attached hydrogens (tertiary/aromatic N) is 6. The number of carbonyl (C=O) groups excluding carboxylic acids is 1. The fourth-order valence-electron chi connectivity index (χ4n) is 3.11. The van der Waals surface area contributed by atoms with Crippen LogP contribution < -0.4 is 5.32 Å². The van der Waals surface area contributed by atoms with Gasteiger partial charge < -0.3 is 14.8 Å². The van der Waals surface area contributed by atoms with E-state index in [9.17, 15) is 4.79 Å². The minimum atomic E-state index is -0.167. The first-order valence-electron chi connectivity index (χ1n) is 8.68. The second-order valence-corrected chi connectivity index (χ2v) is 6.47. The molecule has 8 heteroatoms. The molecule has 1 aliphatic heterocycles. The molecule has 4 rings (SSSR count). The number of urea groups is 1. The molecule has 1 N–H and O–H groups in total. The summed E-state index contributed by atoms with van der Waals surface area (Å²) >= 11 is 0. The number of aryl methyl sites for hydroxylation is 1. The summed E-state index contributed by atoms with van der Waals surface area (Å²) in [5.41, 5.74) is 1.89. The third kappa shape index (κ3) is 3.44. The van der Waals surface area contributed by atoms with Crippen LogP contribution in [0.2, 0.25) is 0 Å². The molecule has 0 aliphatic carbocycles. The quantitative estimate of drug-likeness (QED) is 0.763. The molecule has 0 saturated carbocycles. The van der Waals surface area contributed by atoms with Gasteiger partial charge in [-0.3, -0.25) is 4.68 Å². The maximum absolute atomic E-state index is 12.4. The van der Waals surface area contributed by atoms with E-state index in [0.29, 0.717) is 13.1 Å². The fourth-order valence-corrected chi connectivity index (χ4v) is 3.11. The summed E-state index contributed by atoms with van der Waals surface area (Å²) in [6.45, 7) is 2.08. The molecule has 0 spiro atoms. The third-order valence-corrected chi connectivity index (χ3v) is 4.52. The van der Waals surface area contributed by atoms with Crippen LogP contribution in [0.3, 0.4) is 0 Å². The highest BCUT2D eigenvalue weighted by atomic mass is 16.2. The van der Waals surface area contributed by atoms with Gasteiger partial charge in [0.1, 0.15) is 5.82 Å². The molecule has 134 valence electrons. The van der Waals surface area contributed by atoms with Gasteiger partial charge in [-0.05, 0) is 30.2 Å². The summed E-state index contributed by atoms with van der Waals surface area (Å²) in [5, 5.41) is 15.5. The predicted octanol–water partition coefficient (Wildman–Crippen LogP) is 2.13. The van der Waals surface area contributed by atoms with Crippen LogP contribution in [-0.2, 0) is 26.1 Å². The molecule has 3 heterocycles.